The Balaban J connectivity index is 4.57. The quantitative estimate of drug-likeness (QED) is 0.702. The Kier molecular flexibility index (Phi) is 3.51. The van der Waals surface area contributed by atoms with Gasteiger partial charge in [-0.1, -0.05) is 0 Å². The molecule has 0 saturated carbocycles. The van der Waals surface area contributed by atoms with Crippen molar-refractivity contribution in [2.45, 2.75) is 25.0 Å². The van der Waals surface area contributed by atoms with Crippen LogP contribution in [0.4, 0.5) is 0 Å². The molecular formula is C6H15NO4S2. The molecule has 0 aromatic heterocycles. The molecule has 7 heteroatoms. The zero-order valence-corrected chi connectivity index (χ0v) is 9.57. The lowest BCUT2D eigenvalue weighted by Crippen LogP contribution is -2.34. The fourth-order valence-electron chi connectivity index (χ4n) is 0.573. The van der Waals surface area contributed by atoms with Crippen LogP contribution in [0.5, 0.6) is 0 Å². The van der Waals surface area contributed by atoms with Crippen LogP contribution in [-0.2, 0) is 19.9 Å². The summed E-state index contributed by atoms with van der Waals surface area (Å²) in [5, 5.41) is 4.76. The third kappa shape index (κ3) is 4.58. The van der Waals surface area contributed by atoms with Crippen LogP contribution in [0.2, 0.25) is 0 Å². The third-order valence-corrected chi connectivity index (χ3v) is 4.98. The fraction of sp³-hybridized carbons (Fsp3) is 1.00. The van der Waals surface area contributed by atoms with E-state index < -0.39 is 24.6 Å². The highest BCUT2D eigenvalue weighted by molar-refractivity contribution is 7.92. The molecule has 0 aromatic rings. The van der Waals surface area contributed by atoms with Crippen molar-refractivity contribution in [3.63, 3.8) is 0 Å². The van der Waals surface area contributed by atoms with Gasteiger partial charge in [-0.25, -0.2) is 22.0 Å². The zero-order valence-electron chi connectivity index (χ0n) is 7.94. The Labute approximate surface area is 79.3 Å². The Bertz CT molecular complexity index is 365. The first-order valence-corrected chi connectivity index (χ1v) is 7.26. The van der Waals surface area contributed by atoms with E-state index in [0.717, 1.165) is 6.26 Å². The van der Waals surface area contributed by atoms with Gasteiger partial charge in [-0.3, -0.25) is 0 Å². The van der Waals surface area contributed by atoms with Gasteiger partial charge in [-0.05, 0) is 20.3 Å². The molecular weight excluding hydrogens is 214 g/mol. The van der Waals surface area contributed by atoms with Gasteiger partial charge in [0, 0.05) is 6.26 Å². The SMILES string of the molecule is CC(C)(CCS(N)(=O)=O)S(C)(=O)=O. The van der Waals surface area contributed by atoms with Crippen molar-refractivity contribution in [1.82, 2.24) is 0 Å². The number of hydrogen-bond acceptors (Lipinski definition) is 4. The number of primary sulfonamides is 1. The maximum Gasteiger partial charge on any atom is 0.209 e. The van der Waals surface area contributed by atoms with Crippen molar-refractivity contribution in [2.24, 2.45) is 5.14 Å². The van der Waals surface area contributed by atoms with Crippen molar-refractivity contribution in [2.75, 3.05) is 12.0 Å². The molecule has 0 aromatic carbocycles. The molecule has 0 atom stereocenters. The molecule has 0 aliphatic carbocycles. The molecule has 0 amide bonds. The predicted molar refractivity (Wildman–Crippen MR) is 51.5 cm³/mol. The topological polar surface area (TPSA) is 94.3 Å². The highest BCUT2D eigenvalue weighted by atomic mass is 32.2. The minimum absolute atomic E-state index is 0.0185. The van der Waals surface area contributed by atoms with Gasteiger partial charge in [-0.2, -0.15) is 0 Å². The highest BCUT2D eigenvalue weighted by Crippen LogP contribution is 2.19. The summed E-state index contributed by atoms with van der Waals surface area (Å²) in [4.78, 5) is 0. The maximum atomic E-state index is 11.1. The summed E-state index contributed by atoms with van der Waals surface area (Å²) in [6.45, 7) is 2.96. The Morgan fingerprint density at radius 1 is 1.15 bits per heavy atom. The van der Waals surface area contributed by atoms with Gasteiger partial charge in [0.2, 0.25) is 10.0 Å². The van der Waals surface area contributed by atoms with Crippen LogP contribution in [0, 0.1) is 0 Å². The molecule has 0 heterocycles. The Hall–Kier alpha value is -0.140. The standard InChI is InChI=1S/C6H15NO4S2/c1-6(2,12(3,8)9)4-5-13(7,10)11/h4-5H2,1-3H3,(H2,7,10,11). The van der Waals surface area contributed by atoms with E-state index in [1.807, 2.05) is 0 Å². The molecule has 5 nitrogen and oxygen atoms in total. The molecule has 0 bridgehead atoms. The van der Waals surface area contributed by atoms with Crippen LogP contribution in [0.3, 0.4) is 0 Å². The smallest absolute Gasteiger partial charge is 0.209 e. The molecule has 0 aliphatic heterocycles. The van der Waals surface area contributed by atoms with Crippen LogP contribution < -0.4 is 5.14 Å². The van der Waals surface area contributed by atoms with E-state index in [1.165, 1.54) is 13.8 Å². The lowest BCUT2D eigenvalue weighted by Gasteiger charge is -2.21. The second kappa shape index (κ2) is 3.55. The molecule has 0 rings (SSSR count). The molecule has 0 saturated heterocycles. The summed E-state index contributed by atoms with van der Waals surface area (Å²) in [6.07, 6.45) is 1.10. The van der Waals surface area contributed by atoms with E-state index in [9.17, 15) is 16.8 Å². The van der Waals surface area contributed by atoms with Gasteiger partial charge in [0.25, 0.3) is 0 Å². The van der Waals surface area contributed by atoms with E-state index in [-0.39, 0.29) is 12.2 Å². The summed E-state index contributed by atoms with van der Waals surface area (Å²) in [6, 6.07) is 0. The Morgan fingerprint density at radius 3 is 1.77 bits per heavy atom. The molecule has 0 aliphatic rings. The average Bonchev–Trinajstić information content (AvgIpc) is 1.79. The van der Waals surface area contributed by atoms with Gasteiger partial charge in [0.1, 0.15) is 0 Å². The molecule has 80 valence electrons. The minimum Gasteiger partial charge on any atom is -0.229 e. The third-order valence-electron chi connectivity index (χ3n) is 1.99. The van der Waals surface area contributed by atoms with Gasteiger partial charge >= 0.3 is 0 Å². The van der Waals surface area contributed by atoms with Gasteiger partial charge in [-0.15, -0.1) is 0 Å². The number of nitrogens with two attached hydrogens (primary N) is 1. The van der Waals surface area contributed by atoms with Gasteiger partial charge < -0.3 is 0 Å². The summed E-state index contributed by atoms with van der Waals surface area (Å²) in [5.74, 6) is -0.312. The summed E-state index contributed by atoms with van der Waals surface area (Å²) >= 11 is 0. The van der Waals surface area contributed by atoms with Crippen LogP contribution in [0.1, 0.15) is 20.3 Å². The van der Waals surface area contributed by atoms with Crippen LogP contribution in [0.25, 0.3) is 0 Å². The molecule has 0 spiro atoms. The summed E-state index contributed by atoms with van der Waals surface area (Å²) in [7, 11) is -6.83. The van der Waals surface area contributed by atoms with E-state index in [1.54, 1.807) is 0 Å². The van der Waals surface area contributed by atoms with Crippen LogP contribution >= 0.6 is 0 Å². The Morgan fingerprint density at radius 2 is 1.54 bits per heavy atom. The van der Waals surface area contributed by atoms with Crippen molar-refractivity contribution in [3.8, 4) is 0 Å². The number of sulfone groups is 1. The average molecular weight is 229 g/mol. The lowest BCUT2D eigenvalue weighted by atomic mass is 10.1. The molecule has 2 N–H and O–H groups in total. The van der Waals surface area contributed by atoms with Crippen LogP contribution in [0.15, 0.2) is 0 Å². The normalized spacial score (nSPS) is 14.5. The minimum atomic E-state index is -3.58. The first-order chi connectivity index (χ1) is 5.46. The number of rotatable bonds is 4. The monoisotopic (exact) mass is 229 g/mol. The first-order valence-electron chi connectivity index (χ1n) is 3.66. The van der Waals surface area contributed by atoms with Gasteiger partial charge in [0.15, 0.2) is 9.84 Å². The number of hydrogen-bond donors (Lipinski definition) is 1. The van der Waals surface area contributed by atoms with Crippen LogP contribution in [-0.4, -0.2) is 33.6 Å². The van der Waals surface area contributed by atoms with Crippen molar-refractivity contribution in [3.05, 3.63) is 0 Å². The molecule has 0 fully saturated rings. The largest absolute Gasteiger partial charge is 0.229 e. The molecule has 0 unspecified atom stereocenters. The molecule has 0 radical (unpaired) electrons. The second-order valence-electron chi connectivity index (χ2n) is 3.65. The first kappa shape index (κ1) is 12.9. The van der Waals surface area contributed by atoms with E-state index >= 15 is 0 Å². The maximum absolute atomic E-state index is 11.1. The predicted octanol–water partition coefficient (Wildman–Crippen LogP) is -0.512. The van der Waals surface area contributed by atoms with Crippen molar-refractivity contribution in [1.29, 1.82) is 0 Å². The van der Waals surface area contributed by atoms with E-state index in [0.29, 0.717) is 0 Å². The highest BCUT2D eigenvalue weighted by Gasteiger charge is 2.30. The van der Waals surface area contributed by atoms with E-state index in [2.05, 4.69) is 0 Å². The summed E-state index contributed by atoms with van der Waals surface area (Å²) < 4.78 is 42.4. The van der Waals surface area contributed by atoms with Gasteiger partial charge in [0.05, 0.1) is 10.5 Å². The number of sulfonamides is 1. The van der Waals surface area contributed by atoms with E-state index in [4.69, 9.17) is 5.14 Å². The van der Waals surface area contributed by atoms with Crippen molar-refractivity contribution < 1.29 is 16.8 Å². The fourth-order valence-corrected chi connectivity index (χ4v) is 1.97. The van der Waals surface area contributed by atoms with Crippen molar-refractivity contribution >= 4 is 19.9 Å². The second-order valence-corrected chi connectivity index (χ2v) is 8.03. The lowest BCUT2D eigenvalue weighted by molar-refractivity contribution is 0.540. The molecule has 13 heavy (non-hydrogen) atoms. The zero-order chi connectivity index (χ0) is 10.9. The summed E-state index contributed by atoms with van der Waals surface area (Å²) in [5.41, 5.74) is 0.